The first-order chi connectivity index (χ1) is 8.06. The lowest BCUT2D eigenvalue weighted by molar-refractivity contribution is 0.253. The third-order valence-corrected chi connectivity index (χ3v) is 3.92. The zero-order chi connectivity index (χ0) is 12.5. The van der Waals surface area contributed by atoms with Gasteiger partial charge in [-0.3, -0.25) is 0 Å². The molecule has 0 spiro atoms. The summed E-state index contributed by atoms with van der Waals surface area (Å²) in [7, 11) is 0. The van der Waals surface area contributed by atoms with Crippen LogP contribution in [0.4, 0.5) is 11.4 Å². The number of anilines is 2. The Morgan fingerprint density at radius 3 is 2.76 bits per heavy atom. The van der Waals surface area contributed by atoms with Gasteiger partial charge in [0.05, 0.1) is 10.7 Å². The fourth-order valence-electron chi connectivity index (χ4n) is 2.11. The minimum absolute atomic E-state index is 0.267. The predicted octanol–water partition coefficient (Wildman–Crippen LogP) is 2.81. The van der Waals surface area contributed by atoms with E-state index in [4.69, 9.17) is 22.4 Å². The molecular formula is C13H19ClN2O. The third-order valence-electron chi connectivity index (χ3n) is 3.60. The molecule has 0 saturated heterocycles. The molecule has 1 aliphatic rings. The van der Waals surface area contributed by atoms with Crippen molar-refractivity contribution in [2.45, 2.75) is 26.2 Å². The summed E-state index contributed by atoms with van der Waals surface area (Å²) in [5, 5.41) is 13.0. The second kappa shape index (κ2) is 4.75. The van der Waals surface area contributed by atoms with Gasteiger partial charge < -0.3 is 16.2 Å². The molecule has 0 bridgehead atoms. The van der Waals surface area contributed by atoms with Crippen LogP contribution in [0.1, 0.15) is 24.8 Å². The molecule has 1 aromatic rings. The Labute approximate surface area is 107 Å². The Bertz CT molecular complexity index is 416. The van der Waals surface area contributed by atoms with E-state index < -0.39 is 0 Å². The number of aliphatic hydroxyl groups excluding tert-OH is 1. The largest absolute Gasteiger partial charge is 0.398 e. The maximum Gasteiger partial charge on any atom is 0.0656 e. The Morgan fingerprint density at radius 1 is 1.47 bits per heavy atom. The number of benzene rings is 1. The van der Waals surface area contributed by atoms with E-state index in [2.05, 4.69) is 5.32 Å². The van der Waals surface area contributed by atoms with E-state index >= 15 is 0 Å². The van der Waals surface area contributed by atoms with Gasteiger partial charge >= 0.3 is 0 Å². The third kappa shape index (κ3) is 2.85. The molecule has 0 heterocycles. The average Bonchev–Trinajstić information content (AvgIpc) is 3.03. The number of hydrogen-bond acceptors (Lipinski definition) is 3. The van der Waals surface area contributed by atoms with Gasteiger partial charge in [-0.15, -0.1) is 0 Å². The van der Waals surface area contributed by atoms with Crippen LogP contribution in [0.2, 0.25) is 5.02 Å². The Kier molecular flexibility index (Phi) is 3.50. The molecule has 1 fully saturated rings. The predicted molar refractivity (Wildman–Crippen MR) is 72.5 cm³/mol. The van der Waals surface area contributed by atoms with E-state index in [0.29, 0.717) is 16.1 Å². The first kappa shape index (κ1) is 12.5. The van der Waals surface area contributed by atoms with E-state index in [1.165, 1.54) is 12.8 Å². The standard InChI is InChI=1S/C13H19ClN2O/c1-9-6-11(15)10(14)7-12(9)16-8-13(2-3-13)4-5-17/h6-7,16-17H,2-5,8,15H2,1H3. The van der Waals surface area contributed by atoms with Crippen molar-refractivity contribution in [2.75, 3.05) is 24.2 Å². The molecule has 1 aliphatic carbocycles. The van der Waals surface area contributed by atoms with Crippen molar-refractivity contribution in [3.63, 3.8) is 0 Å². The summed E-state index contributed by atoms with van der Waals surface area (Å²) in [6.07, 6.45) is 3.27. The van der Waals surface area contributed by atoms with Crippen molar-refractivity contribution >= 4 is 23.0 Å². The lowest BCUT2D eigenvalue weighted by atomic mass is 10.0. The Hall–Kier alpha value is -0.930. The molecule has 0 amide bonds. The van der Waals surface area contributed by atoms with Crippen LogP contribution in [0, 0.1) is 12.3 Å². The second-order valence-corrected chi connectivity index (χ2v) is 5.42. The summed E-state index contributed by atoms with van der Waals surface area (Å²) in [5.74, 6) is 0. The summed E-state index contributed by atoms with van der Waals surface area (Å²) in [6, 6.07) is 3.76. The molecule has 0 atom stereocenters. The van der Waals surface area contributed by atoms with Gasteiger partial charge in [-0.05, 0) is 49.3 Å². The molecule has 17 heavy (non-hydrogen) atoms. The van der Waals surface area contributed by atoms with Crippen molar-refractivity contribution in [1.29, 1.82) is 0 Å². The van der Waals surface area contributed by atoms with Crippen LogP contribution in [0.25, 0.3) is 0 Å². The summed E-state index contributed by atoms with van der Waals surface area (Å²) < 4.78 is 0. The second-order valence-electron chi connectivity index (χ2n) is 5.02. The van der Waals surface area contributed by atoms with Crippen LogP contribution < -0.4 is 11.1 Å². The van der Waals surface area contributed by atoms with Crippen LogP contribution in [0.15, 0.2) is 12.1 Å². The number of nitrogens with two attached hydrogens (primary N) is 1. The number of aliphatic hydroxyl groups is 1. The lowest BCUT2D eigenvalue weighted by Crippen LogP contribution is -2.17. The summed E-state index contributed by atoms with van der Waals surface area (Å²) in [4.78, 5) is 0. The molecule has 2 rings (SSSR count). The van der Waals surface area contributed by atoms with Crippen LogP contribution >= 0.6 is 11.6 Å². The highest BCUT2D eigenvalue weighted by molar-refractivity contribution is 6.33. The highest BCUT2D eigenvalue weighted by Crippen LogP contribution is 2.48. The van der Waals surface area contributed by atoms with E-state index in [1.54, 1.807) is 0 Å². The Morgan fingerprint density at radius 2 is 2.18 bits per heavy atom. The zero-order valence-electron chi connectivity index (χ0n) is 10.1. The first-order valence-corrected chi connectivity index (χ1v) is 6.34. The molecule has 4 heteroatoms. The highest BCUT2D eigenvalue weighted by Gasteiger charge is 2.41. The number of hydrogen-bond donors (Lipinski definition) is 3. The normalized spacial score (nSPS) is 16.9. The molecule has 0 aliphatic heterocycles. The lowest BCUT2D eigenvalue weighted by Gasteiger charge is -2.17. The van der Waals surface area contributed by atoms with E-state index in [9.17, 15) is 0 Å². The van der Waals surface area contributed by atoms with Crippen molar-refractivity contribution in [3.8, 4) is 0 Å². The van der Waals surface area contributed by atoms with Crippen molar-refractivity contribution < 1.29 is 5.11 Å². The maximum absolute atomic E-state index is 9.01. The van der Waals surface area contributed by atoms with Crippen LogP contribution in [0.3, 0.4) is 0 Å². The van der Waals surface area contributed by atoms with E-state index in [0.717, 1.165) is 24.2 Å². The monoisotopic (exact) mass is 254 g/mol. The number of halogens is 1. The topological polar surface area (TPSA) is 58.3 Å². The average molecular weight is 255 g/mol. The maximum atomic E-state index is 9.01. The fourth-order valence-corrected chi connectivity index (χ4v) is 2.27. The Balaban J connectivity index is 2.02. The number of nitrogens with one attached hydrogen (secondary N) is 1. The SMILES string of the molecule is Cc1cc(N)c(Cl)cc1NCC1(CCO)CC1. The van der Waals surface area contributed by atoms with Crippen molar-refractivity contribution in [3.05, 3.63) is 22.7 Å². The summed E-state index contributed by atoms with van der Waals surface area (Å²) in [5.41, 5.74) is 8.80. The molecule has 4 N–H and O–H groups in total. The van der Waals surface area contributed by atoms with E-state index in [-0.39, 0.29) is 6.61 Å². The van der Waals surface area contributed by atoms with Crippen LogP contribution in [-0.2, 0) is 0 Å². The zero-order valence-corrected chi connectivity index (χ0v) is 10.8. The smallest absolute Gasteiger partial charge is 0.0656 e. The van der Waals surface area contributed by atoms with Gasteiger partial charge in [0, 0.05) is 18.8 Å². The molecule has 3 nitrogen and oxygen atoms in total. The van der Waals surface area contributed by atoms with Gasteiger partial charge in [-0.25, -0.2) is 0 Å². The number of aryl methyl sites for hydroxylation is 1. The quantitative estimate of drug-likeness (QED) is 0.709. The van der Waals surface area contributed by atoms with Gasteiger partial charge in [-0.2, -0.15) is 0 Å². The summed E-state index contributed by atoms with van der Waals surface area (Å²) >= 11 is 6.01. The van der Waals surface area contributed by atoms with Gasteiger partial charge in [0.25, 0.3) is 0 Å². The fraction of sp³-hybridized carbons (Fsp3) is 0.538. The van der Waals surface area contributed by atoms with Gasteiger partial charge in [0.1, 0.15) is 0 Å². The first-order valence-electron chi connectivity index (χ1n) is 5.97. The van der Waals surface area contributed by atoms with Gasteiger partial charge in [0.15, 0.2) is 0 Å². The summed E-state index contributed by atoms with van der Waals surface area (Å²) in [6.45, 7) is 3.18. The van der Waals surface area contributed by atoms with Crippen molar-refractivity contribution in [2.24, 2.45) is 5.41 Å². The molecule has 0 radical (unpaired) electrons. The molecule has 0 aromatic heterocycles. The van der Waals surface area contributed by atoms with Gasteiger partial charge in [0.2, 0.25) is 0 Å². The highest BCUT2D eigenvalue weighted by atomic mass is 35.5. The molecule has 1 aromatic carbocycles. The van der Waals surface area contributed by atoms with Crippen molar-refractivity contribution in [1.82, 2.24) is 0 Å². The van der Waals surface area contributed by atoms with E-state index in [1.807, 2.05) is 19.1 Å². The minimum atomic E-state index is 0.267. The number of rotatable bonds is 5. The van der Waals surface area contributed by atoms with Crippen LogP contribution in [0.5, 0.6) is 0 Å². The molecule has 94 valence electrons. The molecule has 0 unspecified atom stereocenters. The number of nitrogen functional groups attached to an aromatic ring is 1. The minimum Gasteiger partial charge on any atom is -0.398 e. The van der Waals surface area contributed by atoms with Gasteiger partial charge in [-0.1, -0.05) is 11.6 Å². The van der Waals surface area contributed by atoms with Crippen LogP contribution in [-0.4, -0.2) is 18.3 Å². The molecular weight excluding hydrogens is 236 g/mol. The molecule has 1 saturated carbocycles.